The highest BCUT2D eigenvalue weighted by atomic mass is 32.2. The maximum Gasteiger partial charge on any atom is 0.238 e. The normalized spacial score (nSPS) is 12.1. The predicted molar refractivity (Wildman–Crippen MR) is 95.8 cm³/mol. The first-order chi connectivity index (χ1) is 12.3. The van der Waals surface area contributed by atoms with Crippen LogP contribution in [0.3, 0.4) is 0 Å². The summed E-state index contributed by atoms with van der Waals surface area (Å²) in [6.45, 7) is 2.66. The standard InChI is InChI=1S/C17H20F2N4O2S/c1-2-21-17(23-11-13-9-14(18)6-7-16(13)19)22-10-12-4-3-5-15(8-12)26(20,24)25/h3-9H,2,10-11H2,1H3,(H2,20,24,25)(H2,21,22,23). The first-order valence-electron chi connectivity index (χ1n) is 7.87. The highest BCUT2D eigenvalue weighted by molar-refractivity contribution is 7.89. The number of hydrogen-bond donors (Lipinski definition) is 3. The van der Waals surface area contributed by atoms with Crippen molar-refractivity contribution in [1.82, 2.24) is 10.6 Å². The van der Waals surface area contributed by atoms with Crippen LogP contribution < -0.4 is 15.8 Å². The summed E-state index contributed by atoms with van der Waals surface area (Å²) in [5.74, 6) is -0.655. The minimum atomic E-state index is -3.79. The van der Waals surface area contributed by atoms with Gasteiger partial charge in [-0.1, -0.05) is 12.1 Å². The summed E-state index contributed by atoms with van der Waals surface area (Å²) >= 11 is 0. The summed E-state index contributed by atoms with van der Waals surface area (Å²) in [5, 5.41) is 11.0. The number of guanidine groups is 1. The minimum Gasteiger partial charge on any atom is -0.357 e. The number of hydrogen-bond acceptors (Lipinski definition) is 3. The zero-order valence-corrected chi connectivity index (χ0v) is 15.0. The number of sulfonamides is 1. The molecule has 2 aromatic rings. The van der Waals surface area contributed by atoms with E-state index in [9.17, 15) is 17.2 Å². The van der Waals surface area contributed by atoms with Crippen LogP contribution in [-0.2, 0) is 23.1 Å². The van der Waals surface area contributed by atoms with E-state index in [1.54, 1.807) is 12.1 Å². The molecule has 0 saturated carbocycles. The SMILES string of the molecule is CCNC(=NCc1cccc(S(N)(=O)=O)c1)NCc1cc(F)ccc1F. The molecule has 140 valence electrons. The molecule has 0 bridgehead atoms. The average Bonchev–Trinajstić information content (AvgIpc) is 2.59. The quantitative estimate of drug-likeness (QED) is 0.525. The second kappa shape index (κ2) is 8.72. The van der Waals surface area contributed by atoms with Crippen molar-refractivity contribution < 1.29 is 17.2 Å². The van der Waals surface area contributed by atoms with Gasteiger partial charge in [-0.2, -0.15) is 0 Å². The lowest BCUT2D eigenvalue weighted by atomic mass is 10.2. The number of halogens is 2. The van der Waals surface area contributed by atoms with Crippen molar-refractivity contribution in [3.05, 3.63) is 65.2 Å². The fraction of sp³-hybridized carbons (Fsp3) is 0.235. The fourth-order valence-corrected chi connectivity index (χ4v) is 2.77. The van der Waals surface area contributed by atoms with Gasteiger partial charge in [-0.15, -0.1) is 0 Å². The molecular weight excluding hydrogens is 362 g/mol. The number of benzene rings is 2. The molecule has 0 radical (unpaired) electrons. The second-order valence-corrected chi connectivity index (χ2v) is 7.04. The Hall–Kier alpha value is -2.52. The van der Waals surface area contributed by atoms with E-state index < -0.39 is 21.7 Å². The summed E-state index contributed by atoms with van der Waals surface area (Å²) in [7, 11) is -3.79. The molecule has 6 nitrogen and oxygen atoms in total. The van der Waals surface area contributed by atoms with Gasteiger partial charge in [0.15, 0.2) is 5.96 Å². The topological polar surface area (TPSA) is 96.6 Å². The van der Waals surface area contributed by atoms with Crippen LogP contribution in [0, 0.1) is 11.6 Å². The average molecular weight is 382 g/mol. The highest BCUT2D eigenvalue weighted by Crippen LogP contribution is 2.11. The van der Waals surface area contributed by atoms with Crippen molar-refractivity contribution in [2.75, 3.05) is 6.54 Å². The van der Waals surface area contributed by atoms with Gasteiger partial charge in [-0.25, -0.2) is 27.3 Å². The molecule has 0 saturated heterocycles. The summed E-state index contributed by atoms with van der Waals surface area (Å²) in [4.78, 5) is 4.32. The monoisotopic (exact) mass is 382 g/mol. The van der Waals surface area contributed by atoms with Gasteiger partial charge in [-0.05, 0) is 42.8 Å². The van der Waals surface area contributed by atoms with E-state index in [2.05, 4.69) is 15.6 Å². The highest BCUT2D eigenvalue weighted by Gasteiger charge is 2.08. The number of nitrogens with one attached hydrogen (secondary N) is 2. The van der Waals surface area contributed by atoms with Gasteiger partial charge in [0.2, 0.25) is 10.0 Å². The Morgan fingerprint density at radius 2 is 1.92 bits per heavy atom. The van der Waals surface area contributed by atoms with E-state index in [4.69, 9.17) is 5.14 Å². The van der Waals surface area contributed by atoms with Crippen LogP contribution in [0.1, 0.15) is 18.1 Å². The van der Waals surface area contributed by atoms with Crippen molar-refractivity contribution in [2.45, 2.75) is 24.9 Å². The molecule has 26 heavy (non-hydrogen) atoms. The van der Waals surface area contributed by atoms with Gasteiger partial charge in [0.25, 0.3) is 0 Å². The van der Waals surface area contributed by atoms with Gasteiger partial charge < -0.3 is 10.6 Å². The third kappa shape index (κ3) is 5.78. The third-order valence-corrected chi connectivity index (χ3v) is 4.36. The molecule has 4 N–H and O–H groups in total. The molecule has 0 spiro atoms. The van der Waals surface area contributed by atoms with E-state index in [1.807, 2.05) is 6.92 Å². The first kappa shape index (κ1) is 19.8. The number of aliphatic imine (C=N–C) groups is 1. The predicted octanol–water partition coefficient (Wildman–Crippen LogP) is 1.87. The van der Waals surface area contributed by atoms with Gasteiger partial charge in [-0.3, -0.25) is 0 Å². The van der Waals surface area contributed by atoms with Crippen LogP contribution in [0.15, 0.2) is 52.4 Å². The lowest BCUT2D eigenvalue weighted by molar-refractivity contribution is 0.581. The van der Waals surface area contributed by atoms with Gasteiger partial charge in [0.05, 0.1) is 11.4 Å². The molecule has 0 aliphatic heterocycles. The Bertz CT molecular complexity index is 901. The lowest BCUT2D eigenvalue weighted by Gasteiger charge is -2.12. The summed E-state index contributed by atoms with van der Waals surface area (Å²) in [6.07, 6.45) is 0. The smallest absolute Gasteiger partial charge is 0.238 e. The van der Waals surface area contributed by atoms with Crippen molar-refractivity contribution in [3.63, 3.8) is 0 Å². The molecule has 0 amide bonds. The van der Waals surface area contributed by atoms with E-state index in [0.717, 1.165) is 18.2 Å². The Morgan fingerprint density at radius 3 is 2.62 bits per heavy atom. The number of nitrogens with two attached hydrogens (primary N) is 1. The molecule has 9 heteroatoms. The minimum absolute atomic E-state index is 0.00462. The maximum atomic E-state index is 13.7. The Morgan fingerprint density at radius 1 is 1.15 bits per heavy atom. The van der Waals surface area contributed by atoms with Gasteiger partial charge in [0, 0.05) is 18.7 Å². The zero-order valence-electron chi connectivity index (χ0n) is 14.2. The van der Waals surface area contributed by atoms with E-state index >= 15 is 0 Å². The van der Waals surface area contributed by atoms with E-state index in [-0.39, 0.29) is 23.5 Å². The molecule has 0 unspecified atom stereocenters. The Balaban J connectivity index is 2.10. The van der Waals surface area contributed by atoms with Crippen LogP contribution in [0.25, 0.3) is 0 Å². The van der Waals surface area contributed by atoms with Crippen LogP contribution >= 0.6 is 0 Å². The Labute approximate surface area is 151 Å². The largest absolute Gasteiger partial charge is 0.357 e. The number of primary sulfonamides is 1. The third-order valence-electron chi connectivity index (χ3n) is 3.44. The van der Waals surface area contributed by atoms with E-state index in [1.165, 1.54) is 12.1 Å². The molecule has 0 heterocycles. The summed E-state index contributed by atoms with van der Waals surface area (Å²) < 4.78 is 49.7. The fourth-order valence-electron chi connectivity index (χ4n) is 2.19. The molecule has 2 rings (SSSR count). The van der Waals surface area contributed by atoms with Crippen LogP contribution in [-0.4, -0.2) is 20.9 Å². The molecule has 2 aromatic carbocycles. The molecule has 0 atom stereocenters. The molecular formula is C17H20F2N4O2S. The molecule has 0 aliphatic rings. The van der Waals surface area contributed by atoms with Gasteiger partial charge >= 0.3 is 0 Å². The molecule has 0 fully saturated rings. The lowest BCUT2D eigenvalue weighted by Crippen LogP contribution is -2.37. The van der Waals surface area contributed by atoms with Crippen molar-refractivity contribution in [3.8, 4) is 0 Å². The number of nitrogens with zero attached hydrogens (tertiary/aromatic N) is 1. The maximum absolute atomic E-state index is 13.7. The molecule has 0 aromatic heterocycles. The summed E-state index contributed by atoms with van der Waals surface area (Å²) in [5.41, 5.74) is 0.817. The van der Waals surface area contributed by atoms with Crippen molar-refractivity contribution >= 4 is 16.0 Å². The second-order valence-electron chi connectivity index (χ2n) is 5.48. The van der Waals surface area contributed by atoms with Crippen molar-refractivity contribution in [1.29, 1.82) is 0 Å². The van der Waals surface area contributed by atoms with Crippen molar-refractivity contribution in [2.24, 2.45) is 10.1 Å². The van der Waals surface area contributed by atoms with Crippen LogP contribution in [0.5, 0.6) is 0 Å². The first-order valence-corrected chi connectivity index (χ1v) is 9.42. The zero-order chi connectivity index (χ0) is 19.2. The van der Waals surface area contributed by atoms with Gasteiger partial charge in [0.1, 0.15) is 11.6 Å². The number of rotatable bonds is 6. The Kier molecular flexibility index (Phi) is 6.64. The van der Waals surface area contributed by atoms with E-state index in [0.29, 0.717) is 18.1 Å². The van der Waals surface area contributed by atoms with Crippen LogP contribution in [0.4, 0.5) is 8.78 Å². The molecule has 0 aliphatic carbocycles. The summed E-state index contributed by atoms with van der Waals surface area (Å²) in [6, 6.07) is 9.36. The van der Waals surface area contributed by atoms with Crippen LogP contribution in [0.2, 0.25) is 0 Å².